The lowest BCUT2D eigenvalue weighted by Crippen LogP contribution is -2.34. The summed E-state index contributed by atoms with van der Waals surface area (Å²) in [5.74, 6) is -2.43. The van der Waals surface area contributed by atoms with Crippen molar-refractivity contribution >= 4 is 25.7 Å². The molecule has 0 heterocycles. The Morgan fingerprint density at radius 2 is 0.883 bits per heavy atom. The fourth-order valence-electron chi connectivity index (χ4n) is 6.04. The van der Waals surface area contributed by atoms with Crippen LogP contribution in [-0.4, -0.2) is 59.9 Å². The first-order chi connectivity index (χ1) is 29.1. The summed E-state index contributed by atoms with van der Waals surface area (Å²) in [5.41, 5.74) is 5.34. The van der Waals surface area contributed by atoms with Crippen LogP contribution in [0.3, 0.4) is 0 Å². The first-order valence-electron chi connectivity index (χ1n) is 23.3. The number of unbranched alkanes of at least 4 members (excludes halogenated alkanes) is 19. The average Bonchev–Trinajstić information content (AvgIpc) is 3.22. The third-order valence-electron chi connectivity index (χ3n) is 9.74. The molecule has 3 atom stereocenters. The minimum atomic E-state index is -4.73. The van der Waals surface area contributed by atoms with Gasteiger partial charge in [-0.1, -0.05) is 158 Å². The van der Waals surface area contributed by atoms with E-state index >= 15 is 0 Å². The number of nitrogens with two attached hydrogens (primary N) is 1. The molecule has 0 saturated heterocycles. The number of carboxylic acids is 1. The number of phosphoric acid groups is 1. The summed E-state index contributed by atoms with van der Waals surface area (Å²) < 4.78 is 32.7. The normalized spacial score (nSPS) is 14.2. The van der Waals surface area contributed by atoms with Gasteiger partial charge in [-0.25, -0.2) is 4.57 Å². The van der Waals surface area contributed by atoms with Crippen molar-refractivity contribution in [2.45, 2.75) is 206 Å². The van der Waals surface area contributed by atoms with E-state index in [1.54, 1.807) is 0 Å². The van der Waals surface area contributed by atoms with Crippen LogP contribution < -0.4 is 5.73 Å². The molecular formula is C48H84NO10P. The second-order valence-electron chi connectivity index (χ2n) is 15.5. The Morgan fingerprint density at radius 1 is 0.517 bits per heavy atom. The molecule has 0 saturated carbocycles. The zero-order chi connectivity index (χ0) is 44.2. The first-order valence-corrected chi connectivity index (χ1v) is 24.8. The van der Waals surface area contributed by atoms with Crippen molar-refractivity contribution in [1.82, 2.24) is 0 Å². The van der Waals surface area contributed by atoms with Crippen molar-refractivity contribution in [3.63, 3.8) is 0 Å². The summed E-state index contributed by atoms with van der Waals surface area (Å²) in [7, 11) is -4.73. The summed E-state index contributed by atoms with van der Waals surface area (Å²) in [4.78, 5) is 46.0. The van der Waals surface area contributed by atoms with Gasteiger partial charge >= 0.3 is 25.7 Å². The number of hydrogen-bond acceptors (Lipinski definition) is 9. The maximum Gasteiger partial charge on any atom is 0.472 e. The maximum absolute atomic E-state index is 12.6. The van der Waals surface area contributed by atoms with Gasteiger partial charge in [-0.3, -0.25) is 23.4 Å². The first kappa shape index (κ1) is 57.2. The Balaban J connectivity index is 4.40. The minimum absolute atomic E-state index is 0.121. The average molecular weight is 866 g/mol. The van der Waals surface area contributed by atoms with E-state index < -0.39 is 51.1 Å². The molecule has 0 aromatic heterocycles. The van der Waals surface area contributed by atoms with Crippen molar-refractivity contribution in [3.8, 4) is 0 Å². The van der Waals surface area contributed by atoms with E-state index in [4.69, 9.17) is 24.8 Å². The molecule has 0 radical (unpaired) electrons. The summed E-state index contributed by atoms with van der Waals surface area (Å²) in [6.45, 7) is 2.74. The van der Waals surface area contributed by atoms with Crippen LogP contribution in [0.4, 0.5) is 0 Å². The lowest BCUT2D eigenvalue weighted by molar-refractivity contribution is -0.161. The Morgan fingerprint density at radius 3 is 1.38 bits per heavy atom. The number of esters is 2. The Hall–Kier alpha value is -2.82. The molecule has 0 aromatic carbocycles. The molecule has 0 bridgehead atoms. The lowest BCUT2D eigenvalue weighted by Gasteiger charge is -2.20. The Bertz CT molecular complexity index is 1250. The van der Waals surface area contributed by atoms with Gasteiger partial charge in [0.05, 0.1) is 13.2 Å². The number of phosphoric ester groups is 1. The predicted molar refractivity (Wildman–Crippen MR) is 245 cm³/mol. The third-order valence-corrected chi connectivity index (χ3v) is 10.7. The van der Waals surface area contributed by atoms with E-state index in [2.05, 4.69) is 79.1 Å². The van der Waals surface area contributed by atoms with Crippen molar-refractivity contribution in [2.24, 2.45) is 5.73 Å². The highest BCUT2D eigenvalue weighted by atomic mass is 31.2. The van der Waals surface area contributed by atoms with E-state index in [-0.39, 0.29) is 19.4 Å². The third kappa shape index (κ3) is 41.9. The Labute approximate surface area is 364 Å². The molecular weight excluding hydrogens is 781 g/mol. The topological polar surface area (TPSA) is 172 Å². The Kier molecular flexibility index (Phi) is 40.8. The smallest absolute Gasteiger partial charge is 0.472 e. The van der Waals surface area contributed by atoms with Crippen LogP contribution in [0, 0.1) is 0 Å². The van der Waals surface area contributed by atoms with Crippen molar-refractivity contribution in [3.05, 3.63) is 60.8 Å². The van der Waals surface area contributed by atoms with Gasteiger partial charge in [0.2, 0.25) is 0 Å². The lowest BCUT2D eigenvalue weighted by atomic mass is 10.1. The van der Waals surface area contributed by atoms with E-state index in [0.717, 1.165) is 64.2 Å². The molecule has 0 aliphatic carbocycles. The molecule has 11 nitrogen and oxygen atoms in total. The molecule has 1 unspecified atom stereocenters. The van der Waals surface area contributed by atoms with Gasteiger partial charge in [0.1, 0.15) is 12.6 Å². The van der Waals surface area contributed by atoms with E-state index in [1.165, 1.54) is 89.9 Å². The maximum atomic E-state index is 12.6. The molecule has 0 aromatic rings. The number of carbonyl (C=O) groups is 3. The van der Waals surface area contributed by atoms with Gasteiger partial charge in [-0.15, -0.1) is 0 Å². The molecule has 12 heteroatoms. The number of allylic oxidation sites excluding steroid dienone is 10. The van der Waals surface area contributed by atoms with Crippen molar-refractivity contribution < 1.29 is 47.5 Å². The largest absolute Gasteiger partial charge is 0.480 e. The molecule has 0 aliphatic rings. The van der Waals surface area contributed by atoms with Crippen LogP contribution >= 0.6 is 7.82 Å². The van der Waals surface area contributed by atoms with Gasteiger partial charge < -0.3 is 25.2 Å². The number of aliphatic carboxylic acids is 1. The highest BCUT2D eigenvalue weighted by molar-refractivity contribution is 7.47. The fraction of sp³-hybridized carbons (Fsp3) is 0.729. The van der Waals surface area contributed by atoms with Crippen LogP contribution in [0.2, 0.25) is 0 Å². The van der Waals surface area contributed by atoms with E-state index in [0.29, 0.717) is 12.8 Å². The molecule has 0 fully saturated rings. The summed E-state index contributed by atoms with van der Waals surface area (Å²) in [6.07, 6.45) is 49.9. The predicted octanol–water partition coefficient (Wildman–Crippen LogP) is 12.7. The number of ether oxygens (including phenoxy) is 2. The molecule has 0 rings (SSSR count). The number of carboxylic acid groups (broad SMARTS) is 1. The van der Waals surface area contributed by atoms with Gasteiger partial charge in [0.15, 0.2) is 6.10 Å². The standard InChI is InChI=1S/C48H84NO10P/c1-3-5-7-9-11-13-15-17-19-21-22-24-26-28-30-32-34-36-38-40-47(51)59-44(42-57-60(54,55)58-43-45(49)48(52)53)41-56-46(50)39-37-35-33-31-29-27-25-23-20-18-16-14-12-10-8-6-4-2/h11,13,17-20,22,24,28,30,44-45H,3-10,12,14-16,21,23,25-27,29,31-43,49H2,1-2H3,(H,52,53)(H,54,55)/b13-11-,19-17-,20-18-,24-22-,30-28-/t44-,45+/m1/s1. The van der Waals surface area contributed by atoms with Crippen LogP contribution in [0.5, 0.6) is 0 Å². The second kappa shape index (κ2) is 42.9. The number of rotatable bonds is 43. The van der Waals surface area contributed by atoms with Crippen LogP contribution in [-0.2, 0) is 37.5 Å². The zero-order valence-electron chi connectivity index (χ0n) is 37.5. The fourth-order valence-corrected chi connectivity index (χ4v) is 6.82. The highest BCUT2D eigenvalue weighted by Crippen LogP contribution is 2.43. The molecule has 60 heavy (non-hydrogen) atoms. The molecule has 346 valence electrons. The second-order valence-corrected chi connectivity index (χ2v) is 17.0. The monoisotopic (exact) mass is 866 g/mol. The summed E-state index contributed by atoms with van der Waals surface area (Å²) in [6, 6.07) is -1.53. The number of hydrogen-bond donors (Lipinski definition) is 3. The highest BCUT2D eigenvalue weighted by Gasteiger charge is 2.28. The van der Waals surface area contributed by atoms with Crippen LogP contribution in [0.25, 0.3) is 0 Å². The zero-order valence-corrected chi connectivity index (χ0v) is 38.4. The van der Waals surface area contributed by atoms with Crippen molar-refractivity contribution in [1.29, 1.82) is 0 Å². The van der Waals surface area contributed by atoms with Crippen molar-refractivity contribution in [2.75, 3.05) is 19.8 Å². The number of carbonyl (C=O) groups excluding carboxylic acids is 2. The van der Waals surface area contributed by atoms with Gasteiger partial charge in [0, 0.05) is 12.8 Å². The van der Waals surface area contributed by atoms with E-state index in [1.807, 2.05) is 0 Å². The van der Waals surface area contributed by atoms with Crippen LogP contribution in [0.1, 0.15) is 194 Å². The van der Waals surface area contributed by atoms with Gasteiger partial charge in [0.25, 0.3) is 0 Å². The molecule has 0 spiro atoms. The molecule has 0 aliphatic heterocycles. The summed E-state index contributed by atoms with van der Waals surface area (Å²) >= 11 is 0. The molecule has 0 amide bonds. The minimum Gasteiger partial charge on any atom is -0.480 e. The van der Waals surface area contributed by atoms with Gasteiger partial charge in [-0.2, -0.15) is 0 Å². The van der Waals surface area contributed by atoms with E-state index in [9.17, 15) is 23.8 Å². The molecule has 4 N–H and O–H groups in total. The SMILES string of the molecule is CCCCC/C=C\C/C=C\C/C=C\C/C=C\CCCCCC(=O)O[C@H](COC(=O)CCCCCCCCC/C=C\CCCCCCCC)COP(=O)(O)OC[C@H](N)C(=O)O. The quantitative estimate of drug-likeness (QED) is 0.0230. The van der Waals surface area contributed by atoms with Crippen LogP contribution in [0.15, 0.2) is 60.8 Å². The summed E-state index contributed by atoms with van der Waals surface area (Å²) in [5, 5.41) is 8.90. The van der Waals surface area contributed by atoms with Gasteiger partial charge in [-0.05, 0) is 83.5 Å².